The van der Waals surface area contributed by atoms with Crippen molar-refractivity contribution in [1.82, 2.24) is 4.31 Å². The van der Waals surface area contributed by atoms with E-state index in [-0.39, 0.29) is 0 Å². The number of hydrogen-bond acceptors (Lipinski definition) is 6. The highest BCUT2D eigenvalue weighted by Gasteiger charge is 2.85. The number of sulfonamides is 1. The number of carboxylic acids is 1. The Morgan fingerprint density at radius 3 is 1.77 bits per heavy atom. The van der Waals surface area contributed by atoms with Crippen LogP contribution in [0.15, 0.2) is 0 Å². The van der Waals surface area contributed by atoms with Crippen molar-refractivity contribution in [3.8, 4) is 0 Å². The maximum absolute atomic E-state index is 14.0. The lowest BCUT2D eigenvalue weighted by molar-refractivity contribution is -0.893. The third-order valence-electron chi connectivity index (χ3n) is 4.37. The molecule has 0 fully saturated rings. The summed E-state index contributed by atoms with van der Waals surface area (Å²) in [5.41, 5.74) is 0. The average Bonchev–Trinajstić information content (AvgIpc) is 2.56. The Morgan fingerprint density at radius 1 is 0.943 bits per heavy atom. The summed E-state index contributed by atoms with van der Waals surface area (Å²) in [5, 5.41) is 11.2. The molecule has 0 rings (SSSR count). The fourth-order valence-electron chi connectivity index (χ4n) is 2.75. The number of halogens is 9. The minimum atomic E-state index is -7.54. The highest BCUT2D eigenvalue weighted by Crippen LogP contribution is 2.55. The van der Waals surface area contributed by atoms with Gasteiger partial charge in [-0.2, -0.15) is 52.2 Å². The molecular weight excluding hydrogens is 559 g/mol. The van der Waals surface area contributed by atoms with E-state index in [0.717, 1.165) is 0 Å². The van der Waals surface area contributed by atoms with Gasteiger partial charge in [-0.15, -0.1) is 0 Å². The van der Waals surface area contributed by atoms with E-state index in [1.165, 1.54) is 14.1 Å². The van der Waals surface area contributed by atoms with Crippen LogP contribution in [-0.2, 0) is 24.9 Å². The number of nitrogens with zero attached hydrogens (tertiary/aromatic N) is 2. The van der Waals surface area contributed by atoms with Gasteiger partial charge in [0, 0.05) is 13.0 Å². The first-order valence-electron chi connectivity index (χ1n) is 8.99. The molecule has 1 atom stereocenters. The molecule has 0 aromatic rings. The van der Waals surface area contributed by atoms with Gasteiger partial charge in [0.25, 0.3) is 20.1 Å². The summed E-state index contributed by atoms with van der Waals surface area (Å²) in [7, 11) is -9.27. The molecule has 0 aromatic heterocycles. The molecule has 21 heteroatoms. The van der Waals surface area contributed by atoms with Crippen molar-refractivity contribution in [3.63, 3.8) is 0 Å². The molecule has 210 valence electrons. The van der Waals surface area contributed by atoms with Crippen molar-refractivity contribution < 1.29 is 80.4 Å². The lowest BCUT2D eigenvalue weighted by atomic mass is 10.1. The molecule has 0 aromatic carbocycles. The van der Waals surface area contributed by atoms with Gasteiger partial charge in [-0.05, 0) is 0 Å². The number of likely N-dealkylation sites (N-methyl/N-ethyl adjacent to an activating group) is 1. The molecule has 0 aliphatic heterocycles. The number of aliphatic hydroxyl groups is 1. The molecule has 10 nitrogen and oxygen atoms in total. The van der Waals surface area contributed by atoms with Gasteiger partial charge in [0.05, 0.1) is 20.6 Å². The first-order chi connectivity index (χ1) is 15.1. The van der Waals surface area contributed by atoms with E-state index in [0.29, 0.717) is 0 Å². The third kappa shape index (κ3) is 8.03. The van der Waals surface area contributed by atoms with Gasteiger partial charge in [-0.1, -0.05) is 0 Å². The van der Waals surface area contributed by atoms with Crippen LogP contribution < -0.4 is 0 Å². The predicted octanol–water partition coefficient (Wildman–Crippen LogP) is 0.844. The third-order valence-corrected chi connectivity index (χ3v) is 7.07. The molecule has 3 N–H and O–H groups in total. The summed E-state index contributed by atoms with van der Waals surface area (Å²) >= 11 is 0. The number of hydrogen-bond donors (Lipinski definition) is 3. The maximum atomic E-state index is 14.0. The number of aliphatic carboxylic acids is 1. The second-order valence-electron chi connectivity index (χ2n) is 7.99. The van der Waals surface area contributed by atoms with Crippen LogP contribution in [0.3, 0.4) is 0 Å². The van der Waals surface area contributed by atoms with Crippen LogP contribution in [0.25, 0.3) is 0 Å². The van der Waals surface area contributed by atoms with Crippen LogP contribution in [0.1, 0.15) is 6.42 Å². The fourth-order valence-corrected chi connectivity index (χ4v) is 4.77. The second kappa shape index (κ2) is 10.5. The molecule has 0 saturated heterocycles. The molecule has 0 heterocycles. The van der Waals surface area contributed by atoms with Crippen molar-refractivity contribution >= 4 is 26.1 Å². The standard InChI is InChI=1S/C14H21F9N2O8S2/c1-25(2,7-9(26)8-34(29,30)31)5-3-4-24(6-10(27)28)35(32,33)14(22,23)12(17,18)11(15,16)13(19,20)21/h9,26H,3-8H2,1-2H3,(H-,27,28,29,30,31)/p+1. The lowest BCUT2D eigenvalue weighted by Crippen LogP contribution is -2.65. The molecular formula is C14H22F9N2O8S2+. The molecule has 0 aliphatic rings. The van der Waals surface area contributed by atoms with Crippen LogP contribution in [0.2, 0.25) is 0 Å². The minimum Gasteiger partial charge on any atom is -0.480 e. The Morgan fingerprint density at radius 2 is 1.40 bits per heavy atom. The Kier molecular flexibility index (Phi) is 10.1. The van der Waals surface area contributed by atoms with E-state index in [2.05, 4.69) is 0 Å². The van der Waals surface area contributed by atoms with Crippen LogP contribution in [0, 0.1) is 0 Å². The van der Waals surface area contributed by atoms with Gasteiger partial charge >= 0.3 is 29.2 Å². The highest BCUT2D eigenvalue weighted by molar-refractivity contribution is 7.90. The van der Waals surface area contributed by atoms with E-state index in [9.17, 15) is 66.3 Å². The van der Waals surface area contributed by atoms with E-state index in [4.69, 9.17) is 9.66 Å². The van der Waals surface area contributed by atoms with Gasteiger partial charge < -0.3 is 14.7 Å². The van der Waals surface area contributed by atoms with Crippen LogP contribution in [-0.4, -0.2) is 122 Å². The normalized spacial score (nSPS) is 15.9. The van der Waals surface area contributed by atoms with Crippen LogP contribution >= 0.6 is 0 Å². The summed E-state index contributed by atoms with van der Waals surface area (Å²) < 4.78 is 171. The van der Waals surface area contributed by atoms with Crippen molar-refractivity contribution in [2.45, 2.75) is 35.8 Å². The summed E-state index contributed by atoms with van der Waals surface area (Å²) in [5.74, 6) is -18.4. The second-order valence-corrected chi connectivity index (χ2v) is 11.5. The molecule has 0 spiro atoms. The van der Waals surface area contributed by atoms with Crippen molar-refractivity contribution in [1.29, 1.82) is 0 Å². The van der Waals surface area contributed by atoms with Crippen molar-refractivity contribution in [2.75, 3.05) is 46.0 Å². The Hall–Kier alpha value is -1.42. The molecule has 0 aliphatic carbocycles. The molecule has 0 saturated carbocycles. The molecule has 0 radical (unpaired) electrons. The molecule has 35 heavy (non-hydrogen) atoms. The SMILES string of the molecule is C[N+](C)(CCCN(CC(=O)O)S(=O)(=O)C(F)(F)C(F)(F)C(F)(F)C(F)(F)F)CC(O)CS(=O)(=O)O. The van der Waals surface area contributed by atoms with E-state index in [1.54, 1.807) is 0 Å². The zero-order valence-corrected chi connectivity index (χ0v) is 19.4. The smallest absolute Gasteiger partial charge is 0.460 e. The van der Waals surface area contributed by atoms with Gasteiger partial charge in [0.15, 0.2) is 0 Å². The summed E-state index contributed by atoms with van der Waals surface area (Å²) in [4.78, 5) is 10.8. The Labute approximate surface area is 193 Å². The monoisotopic (exact) mass is 581 g/mol. The average molecular weight is 581 g/mol. The molecule has 1 unspecified atom stereocenters. The number of aliphatic hydroxyl groups excluding tert-OH is 1. The minimum absolute atomic E-state index is 0.408. The largest absolute Gasteiger partial charge is 0.480 e. The summed E-state index contributed by atoms with van der Waals surface area (Å²) in [6, 6.07) is 0. The van der Waals surface area contributed by atoms with Gasteiger partial charge in [-0.25, -0.2) is 8.42 Å². The fraction of sp³-hybridized carbons (Fsp3) is 0.929. The van der Waals surface area contributed by atoms with Crippen LogP contribution in [0.4, 0.5) is 39.5 Å². The number of carboxylic acid groups (broad SMARTS) is 1. The van der Waals surface area contributed by atoms with Gasteiger partial charge in [0.1, 0.15) is 24.9 Å². The number of alkyl halides is 9. The quantitative estimate of drug-likeness (QED) is 0.155. The van der Waals surface area contributed by atoms with Crippen molar-refractivity contribution in [3.05, 3.63) is 0 Å². The van der Waals surface area contributed by atoms with Gasteiger partial charge in [0.2, 0.25) is 0 Å². The Bertz CT molecular complexity index is 969. The zero-order valence-electron chi connectivity index (χ0n) is 17.8. The number of rotatable bonds is 14. The molecule has 0 bridgehead atoms. The highest BCUT2D eigenvalue weighted by atomic mass is 32.2. The lowest BCUT2D eigenvalue weighted by Gasteiger charge is -2.36. The maximum Gasteiger partial charge on any atom is 0.460 e. The van der Waals surface area contributed by atoms with Crippen molar-refractivity contribution in [2.24, 2.45) is 0 Å². The van der Waals surface area contributed by atoms with Gasteiger partial charge in [-0.3, -0.25) is 9.35 Å². The number of quaternary nitrogens is 1. The van der Waals surface area contributed by atoms with E-state index in [1.807, 2.05) is 0 Å². The van der Waals surface area contributed by atoms with E-state index >= 15 is 0 Å². The first-order valence-corrected chi connectivity index (χ1v) is 12.0. The van der Waals surface area contributed by atoms with Crippen LogP contribution in [0.5, 0.6) is 0 Å². The van der Waals surface area contributed by atoms with E-state index < -0.39 is 103 Å². The Balaban J connectivity index is 5.88. The topological polar surface area (TPSA) is 149 Å². The zero-order chi connectivity index (χ0) is 28.5. The molecule has 0 amide bonds. The summed E-state index contributed by atoms with van der Waals surface area (Å²) in [6.45, 7) is -4.27. The predicted molar refractivity (Wildman–Crippen MR) is 97.9 cm³/mol. The first kappa shape index (κ1) is 33.6. The number of carbonyl (C=O) groups is 1. The summed E-state index contributed by atoms with van der Waals surface area (Å²) in [6.07, 6.45) is -9.70.